The average molecular weight is 505 g/mol. The van der Waals surface area contributed by atoms with Crippen LogP contribution in [0.3, 0.4) is 0 Å². The van der Waals surface area contributed by atoms with E-state index < -0.39 is 0 Å². The maximum atomic E-state index is 9.19. The van der Waals surface area contributed by atoms with Crippen LogP contribution in [0.4, 0.5) is 0 Å². The molecule has 6 heteroatoms. The molecule has 5 nitrogen and oxygen atoms in total. The Morgan fingerprint density at radius 3 is 2.55 bits per heavy atom. The van der Waals surface area contributed by atoms with E-state index in [1.807, 2.05) is 67.6 Å². The summed E-state index contributed by atoms with van der Waals surface area (Å²) < 4.78 is 13.1. The monoisotopic (exact) mass is 504 g/mol. The molecule has 0 N–H and O–H groups in total. The van der Waals surface area contributed by atoms with Crippen LogP contribution in [0.1, 0.15) is 34.7 Å². The number of ether oxygens (including phenoxy) is 2. The summed E-state index contributed by atoms with van der Waals surface area (Å²) in [6, 6.07) is 21.3. The summed E-state index contributed by atoms with van der Waals surface area (Å²) in [6.45, 7) is 6.94. The molecule has 0 aliphatic carbocycles. The Bertz CT molecular complexity index is 1150. The first-order chi connectivity index (χ1) is 16.1. The van der Waals surface area contributed by atoms with Gasteiger partial charge in [0, 0.05) is 21.2 Å². The number of nitrogens with zero attached hydrogens (tertiary/aromatic N) is 2. The molecule has 0 heterocycles. The van der Waals surface area contributed by atoms with Crippen molar-refractivity contribution >= 4 is 22.1 Å². The minimum Gasteiger partial charge on any atom is -0.490 e. The van der Waals surface area contributed by atoms with Crippen LogP contribution in [0.25, 0.3) is 0 Å². The standard InChI is InChI=1S/C27H25BrN2O3/c1-3-7-22-14-21(17-30-33-19-24-9-6-5-8-23(24)16-29)15-26(31-4-2)27(22)32-18-20-10-12-25(28)13-11-20/h3,5-6,8-15,17H,1,4,7,18-19H2,2H3/b30-17-. The second-order valence-corrected chi connectivity index (χ2v) is 8.04. The minimum absolute atomic E-state index is 0.215. The lowest BCUT2D eigenvalue weighted by Gasteiger charge is -2.17. The van der Waals surface area contributed by atoms with Crippen LogP contribution in [-0.2, 0) is 24.5 Å². The fourth-order valence-corrected chi connectivity index (χ4v) is 3.45. The molecule has 3 rings (SSSR count). The molecule has 0 amide bonds. The highest BCUT2D eigenvalue weighted by Gasteiger charge is 2.13. The predicted octanol–water partition coefficient (Wildman–Crippen LogP) is 6.58. The van der Waals surface area contributed by atoms with Crippen molar-refractivity contribution in [3.63, 3.8) is 0 Å². The number of hydrogen-bond donors (Lipinski definition) is 0. The number of halogens is 1. The van der Waals surface area contributed by atoms with Crippen LogP contribution < -0.4 is 9.47 Å². The topological polar surface area (TPSA) is 63.8 Å². The van der Waals surface area contributed by atoms with Crippen LogP contribution in [0.2, 0.25) is 0 Å². The zero-order valence-corrected chi connectivity index (χ0v) is 20.0. The summed E-state index contributed by atoms with van der Waals surface area (Å²) in [6.07, 6.45) is 4.07. The minimum atomic E-state index is 0.215. The lowest BCUT2D eigenvalue weighted by atomic mass is 10.1. The van der Waals surface area contributed by atoms with Crippen molar-refractivity contribution in [1.82, 2.24) is 0 Å². The summed E-state index contributed by atoms with van der Waals surface area (Å²) >= 11 is 3.45. The number of rotatable bonds is 11. The molecule has 168 valence electrons. The van der Waals surface area contributed by atoms with Gasteiger partial charge >= 0.3 is 0 Å². The van der Waals surface area contributed by atoms with Crippen molar-refractivity contribution in [2.45, 2.75) is 26.6 Å². The molecule has 3 aromatic rings. The van der Waals surface area contributed by atoms with Gasteiger partial charge in [0.15, 0.2) is 11.5 Å². The van der Waals surface area contributed by atoms with Gasteiger partial charge in [0.25, 0.3) is 0 Å². The molecular formula is C27H25BrN2O3. The van der Waals surface area contributed by atoms with Gasteiger partial charge in [0.2, 0.25) is 0 Å². The van der Waals surface area contributed by atoms with Crippen molar-refractivity contribution in [2.24, 2.45) is 5.16 Å². The molecule has 0 spiro atoms. The molecule has 0 unspecified atom stereocenters. The van der Waals surface area contributed by atoms with E-state index in [1.165, 1.54) is 0 Å². The first kappa shape index (κ1) is 24.1. The van der Waals surface area contributed by atoms with Gasteiger partial charge in [-0.3, -0.25) is 0 Å². The molecule has 0 saturated heterocycles. The quantitative estimate of drug-likeness (QED) is 0.168. The number of benzene rings is 3. The second kappa shape index (κ2) is 12.5. The Balaban J connectivity index is 1.77. The fraction of sp³-hybridized carbons (Fsp3) is 0.185. The highest BCUT2D eigenvalue weighted by Crippen LogP contribution is 2.34. The summed E-state index contributed by atoms with van der Waals surface area (Å²) in [7, 11) is 0. The molecule has 0 bridgehead atoms. The van der Waals surface area contributed by atoms with Gasteiger partial charge in [-0.15, -0.1) is 6.58 Å². The lowest BCUT2D eigenvalue weighted by molar-refractivity contribution is 0.132. The average Bonchev–Trinajstić information content (AvgIpc) is 2.83. The van der Waals surface area contributed by atoms with Crippen molar-refractivity contribution < 1.29 is 14.3 Å². The highest BCUT2D eigenvalue weighted by molar-refractivity contribution is 9.10. The second-order valence-electron chi connectivity index (χ2n) is 7.13. The zero-order chi connectivity index (χ0) is 23.5. The normalized spacial score (nSPS) is 10.6. The van der Waals surface area contributed by atoms with Gasteiger partial charge in [-0.05, 0) is 49.2 Å². The van der Waals surface area contributed by atoms with E-state index in [-0.39, 0.29) is 6.61 Å². The molecule has 0 saturated carbocycles. The highest BCUT2D eigenvalue weighted by atomic mass is 79.9. The van der Waals surface area contributed by atoms with Gasteiger partial charge in [0.1, 0.15) is 13.2 Å². The van der Waals surface area contributed by atoms with Gasteiger partial charge in [-0.1, -0.05) is 57.5 Å². The van der Waals surface area contributed by atoms with E-state index in [4.69, 9.17) is 14.3 Å². The van der Waals surface area contributed by atoms with Gasteiger partial charge in [-0.2, -0.15) is 5.26 Å². The Morgan fingerprint density at radius 1 is 1.03 bits per heavy atom. The van der Waals surface area contributed by atoms with Crippen molar-refractivity contribution in [3.05, 3.63) is 106 Å². The Hall–Kier alpha value is -3.56. The van der Waals surface area contributed by atoms with Gasteiger partial charge in [0.05, 0.1) is 24.5 Å². The number of nitriles is 1. The first-order valence-electron chi connectivity index (χ1n) is 10.6. The molecule has 0 radical (unpaired) electrons. The van der Waals surface area contributed by atoms with Crippen LogP contribution in [0.5, 0.6) is 11.5 Å². The zero-order valence-electron chi connectivity index (χ0n) is 18.5. The molecule has 0 atom stereocenters. The van der Waals surface area contributed by atoms with E-state index in [0.717, 1.165) is 26.7 Å². The molecule has 0 aliphatic heterocycles. The van der Waals surface area contributed by atoms with Crippen molar-refractivity contribution in [3.8, 4) is 17.6 Å². The molecule has 0 aromatic heterocycles. The third-order valence-electron chi connectivity index (χ3n) is 4.75. The molecule has 33 heavy (non-hydrogen) atoms. The molecule has 0 fully saturated rings. The van der Waals surface area contributed by atoms with Crippen LogP contribution in [0, 0.1) is 11.3 Å². The number of oxime groups is 1. The van der Waals surface area contributed by atoms with Crippen molar-refractivity contribution in [2.75, 3.05) is 6.61 Å². The summed E-state index contributed by atoms with van der Waals surface area (Å²) in [4.78, 5) is 5.43. The largest absolute Gasteiger partial charge is 0.490 e. The van der Waals surface area contributed by atoms with Gasteiger partial charge in [-0.25, -0.2) is 0 Å². The van der Waals surface area contributed by atoms with E-state index in [1.54, 1.807) is 12.3 Å². The Kier molecular flexibility index (Phi) is 9.10. The smallest absolute Gasteiger partial charge is 0.165 e. The Morgan fingerprint density at radius 2 is 1.82 bits per heavy atom. The van der Waals surface area contributed by atoms with E-state index in [9.17, 15) is 5.26 Å². The summed E-state index contributed by atoms with van der Waals surface area (Å²) in [5.74, 6) is 1.34. The van der Waals surface area contributed by atoms with Crippen LogP contribution in [-0.4, -0.2) is 12.8 Å². The van der Waals surface area contributed by atoms with Gasteiger partial charge < -0.3 is 14.3 Å². The van der Waals surface area contributed by atoms with E-state index >= 15 is 0 Å². The van der Waals surface area contributed by atoms with E-state index in [2.05, 4.69) is 33.7 Å². The van der Waals surface area contributed by atoms with Crippen LogP contribution >= 0.6 is 15.9 Å². The third-order valence-corrected chi connectivity index (χ3v) is 5.28. The van der Waals surface area contributed by atoms with Crippen LogP contribution in [0.15, 0.2) is 82.9 Å². The number of allylic oxidation sites excluding steroid dienone is 1. The maximum absolute atomic E-state index is 9.19. The lowest BCUT2D eigenvalue weighted by Crippen LogP contribution is -2.04. The maximum Gasteiger partial charge on any atom is 0.165 e. The number of hydrogen-bond acceptors (Lipinski definition) is 5. The molecular weight excluding hydrogens is 480 g/mol. The molecule has 0 aliphatic rings. The summed E-state index contributed by atoms with van der Waals surface area (Å²) in [5.41, 5.74) is 4.19. The van der Waals surface area contributed by atoms with E-state index in [0.29, 0.717) is 36.7 Å². The van der Waals surface area contributed by atoms with Crippen molar-refractivity contribution in [1.29, 1.82) is 5.26 Å². The summed E-state index contributed by atoms with van der Waals surface area (Å²) in [5, 5.41) is 13.3. The molecule has 3 aromatic carbocycles. The Labute approximate surface area is 203 Å². The third kappa shape index (κ3) is 6.96. The first-order valence-corrected chi connectivity index (χ1v) is 11.3. The SMILES string of the molecule is C=CCc1cc(/C=N\OCc2ccccc2C#N)cc(OCC)c1OCc1ccc(Br)cc1. The fourth-order valence-electron chi connectivity index (χ4n) is 3.19. The predicted molar refractivity (Wildman–Crippen MR) is 134 cm³/mol.